The molecule has 2 heterocycles. The monoisotopic (exact) mass is 414 g/mol. The van der Waals surface area contributed by atoms with Gasteiger partial charge in [-0.1, -0.05) is 80.6 Å². The number of aryl methyl sites for hydroxylation is 2. The highest BCUT2D eigenvalue weighted by Gasteiger charge is 2.18. The number of thioether (sulfide) groups is 1. The van der Waals surface area contributed by atoms with Crippen LogP contribution in [-0.2, 0) is 13.6 Å². The summed E-state index contributed by atoms with van der Waals surface area (Å²) in [7, 11) is 1.65. The van der Waals surface area contributed by atoms with Crippen LogP contribution in [0.15, 0.2) is 39.0 Å². The summed E-state index contributed by atoms with van der Waals surface area (Å²) in [5.41, 5.74) is 2.37. The second-order valence-corrected chi connectivity index (χ2v) is 8.64. The van der Waals surface area contributed by atoms with E-state index < -0.39 is 5.69 Å². The third-order valence-corrected chi connectivity index (χ3v) is 6.19. The lowest BCUT2D eigenvalue weighted by atomic mass is 10.1. The number of imidazole rings is 1. The maximum absolute atomic E-state index is 12.6. The van der Waals surface area contributed by atoms with E-state index in [-0.39, 0.29) is 5.56 Å². The molecule has 6 nitrogen and oxygen atoms in total. The van der Waals surface area contributed by atoms with Crippen molar-refractivity contribution < 1.29 is 0 Å². The SMILES string of the molecule is CCCCCCCCSc1nc2c(c(=O)[nH]c(=O)n2C)n1Cc1cccc(C)c1. The molecule has 0 amide bonds. The summed E-state index contributed by atoms with van der Waals surface area (Å²) in [6.45, 7) is 4.84. The summed E-state index contributed by atoms with van der Waals surface area (Å²) in [5.74, 6) is 0.953. The number of rotatable bonds is 10. The molecular formula is C22H30N4O2S. The van der Waals surface area contributed by atoms with Gasteiger partial charge in [0.15, 0.2) is 16.3 Å². The predicted octanol–water partition coefficient (Wildman–Crippen LogP) is 4.23. The molecule has 0 saturated heterocycles. The van der Waals surface area contributed by atoms with Crippen molar-refractivity contribution in [2.75, 3.05) is 5.75 Å². The van der Waals surface area contributed by atoms with E-state index in [9.17, 15) is 9.59 Å². The van der Waals surface area contributed by atoms with Crippen LogP contribution in [0.2, 0.25) is 0 Å². The Balaban J connectivity index is 1.87. The number of aromatic amines is 1. The standard InChI is InChI=1S/C22H30N4O2S/c1-4-5-6-7-8-9-13-29-22-23-19-18(20(27)24-21(28)25(19)3)26(22)15-17-12-10-11-16(2)14-17/h10-12,14H,4-9,13,15H2,1-3H3,(H,24,27,28). The minimum Gasteiger partial charge on any atom is -0.309 e. The Kier molecular flexibility index (Phi) is 7.36. The number of aromatic nitrogens is 4. The molecular weight excluding hydrogens is 384 g/mol. The molecule has 1 N–H and O–H groups in total. The van der Waals surface area contributed by atoms with E-state index in [2.05, 4.69) is 42.0 Å². The number of fused-ring (bicyclic) bond motifs is 1. The second kappa shape index (κ2) is 9.96. The molecule has 0 aliphatic rings. The molecule has 156 valence electrons. The molecule has 0 unspecified atom stereocenters. The van der Waals surface area contributed by atoms with Crippen LogP contribution < -0.4 is 11.2 Å². The zero-order valence-corrected chi connectivity index (χ0v) is 18.3. The summed E-state index contributed by atoms with van der Waals surface area (Å²) in [4.78, 5) is 31.7. The van der Waals surface area contributed by atoms with E-state index in [1.54, 1.807) is 18.8 Å². The van der Waals surface area contributed by atoms with Crippen LogP contribution in [0.4, 0.5) is 0 Å². The van der Waals surface area contributed by atoms with Gasteiger partial charge in [0, 0.05) is 12.8 Å². The molecule has 3 rings (SSSR count). The van der Waals surface area contributed by atoms with E-state index >= 15 is 0 Å². The predicted molar refractivity (Wildman–Crippen MR) is 120 cm³/mol. The molecule has 0 bridgehead atoms. The van der Waals surface area contributed by atoms with Crippen LogP contribution in [0.1, 0.15) is 56.6 Å². The first-order valence-corrected chi connectivity index (χ1v) is 11.4. The maximum Gasteiger partial charge on any atom is 0.329 e. The Morgan fingerprint density at radius 2 is 1.86 bits per heavy atom. The number of nitrogens with one attached hydrogen (secondary N) is 1. The van der Waals surface area contributed by atoms with Crippen LogP contribution in [-0.4, -0.2) is 24.9 Å². The van der Waals surface area contributed by atoms with E-state index in [4.69, 9.17) is 0 Å². The lowest BCUT2D eigenvalue weighted by Gasteiger charge is -2.09. The molecule has 1 aromatic carbocycles. The van der Waals surface area contributed by atoms with Crippen LogP contribution in [0.3, 0.4) is 0 Å². The summed E-state index contributed by atoms with van der Waals surface area (Å²) < 4.78 is 3.36. The summed E-state index contributed by atoms with van der Waals surface area (Å²) in [6.07, 6.45) is 7.45. The van der Waals surface area contributed by atoms with Gasteiger partial charge < -0.3 is 4.57 Å². The Bertz CT molecular complexity index is 1080. The molecule has 0 atom stereocenters. The molecule has 3 aromatic rings. The van der Waals surface area contributed by atoms with Gasteiger partial charge in [-0.15, -0.1) is 0 Å². The zero-order chi connectivity index (χ0) is 20.8. The number of hydrogen-bond donors (Lipinski definition) is 1. The van der Waals surface area contributed by atoms with E-state index in [0.717, 1.165) is 22.9 Å². The van der Waals surface area contributed by atoms with E-state index in [0.29, 0.717) is 17.7 Å². The first-order chi connectivity index (χ1) is 14.0. The first-order valence-electron chi connectivity index (χ1n) is 10.4. The van der Waals surface area contributed by atoms with Gasteiger partial charge in [-0.25, -0.2) is 9.78 Å². The molecule has 0 saturated carbocycles. The topological polar surface area (TPSA) is 72.7 Å². The number of nitrogens with zero attached hydrogens (tertiary/aromatic N) is 3. The van der Waals surface area contributed by atoms with Crippen LogP contribution in [0.5, 0.6) is 0 Å². The number of H-pyrrole nitrogens is 1. The van der Waals surface area contributed by atoms with Crippen molar-refractivity contribution in [3.63, 3.8) is 0 Å². The smallest absolute Gasteiger partial charge is 0.309 e. The van der Waals surface area contributed by atoms with Gasteiger partial charge in [-0.05, 0) is 18.9 Å². The van der Waals surface area contributed by atoms with Crippen molar-refractivity contribution in [3.8, 4) is 0 Å². The lowest BCUT2D eigenvalue weighted by Crippen LogP contribution is -2.29. The Hall–Kier alpha value is -2.28. The highest BCUT2D eigenvalue weighted by atomic mass is 32.2. The number of benzene rings is 1. The fourth-order valence-electron chi connectivity index (χ4n) is 3.51. The van der Waals surface area contributed by atoms with Gasteiger partial charge in [0.2, 0.25) is 0 Å². The van der Waals surface area contributed by atoms with Crippen LogP contribution in [0.25, 0.3) is 11.2 Å². The molecule has 7 heteroatoms. The average Bonchev–Trinajstić information content (AvgIpc) is 3.04. The van der Waals surface area contributed by atoms with Gasteiger partial charge in [-0.3, -0.25) is 14.3 Å². The number of hydrogen-bond acceptors (Lipinski definition) is 4. The fraction of sp³-hybridized carbons (Fsp3) is 0.500. The number of unbranched alkanes of at least 4 members (excludes halogenated alkanes) is 5. The van der Waals surface area contributed by atoms with Crippen LogP contribution >= 0.6 is 11.8 Å². The van der Waals surface area contributed by atoms with Crippen molar-refractivity contribution in [2.24, 2.45) is 7.05 Å². The van der Waals surface area contributed by atoms with Crippen molar-refractivity contribution in [3.05, 3.63) is 56.2 Å². The van der Waals surface area contributed by atoms with Crippen molar-refractivity contribution in [2.45, 2.75) is 64.1 Å². The lowest BCUT2D eigenvalue weighted by molar-refractivity contribution is 0.626. The van der Waals surface area contributed by atoms with Gasteiger partial charge >= 0.3 is 5.69 Å². The fourth-order valence-corrected chi connectivity index (χ4v) is 4.50. The Labute approximate surface area is 175 Å². The van der Waals surface area contributed by atoms with Gasteiger partial charge in [0.1, 0.15) is 0 Å². The largest absolute Gasteiger partial charge is 0.329 e. The van der Waals surface area contributed by atoms with Gasteiger partial charge in [0.05, 0.1) is 6.54 Å². The van der Waals surface area contributed by atoms with E-state index in [1.807, 2.05) is 10.6 Å². The molecule has 0 radical (unpaired) electrons. The minimum atomic E-state index is -0.435. The Morgan fingerprint density at radius 3 is 2.62 bits per heavy atom. The molecule has 29 heavy (non-hydrogen) atoms. The highest BCUT2D eigenvalue weighted by molar-refractivity contribution is 7.99. The molecule has 0 spiro atoms. The van der Waals surface area contributed by atoms with Crippen molar-refractivity contribution >= 4 is 22.9 Å². The molecule has 0 aliphatic heterocycles. The minimum absolute atomic E-state index is 0.380. The summed E-state index contributed by atoms with van der Waals surface area (Å²) >= 11 is 1.67. The summed E-state index contributed by atoms with van der Waals surface area (Å²) in [5, 5.41) is 0.793. The molecule has 0 aliphatic carbocycles. The summed E-state index contributed by atoms with van der Waals surface area (Å²) in [6, 6.07) is 8.24. The quantitative estimate of drug-likeness (QED) is 0.398. The highest BCUT2D eigenvalue weighted by Crippen LogP contribution is 2.24. The third kappa shape index (κ3) is 5.21. The van der Waals surface area contributed by atoms with E-state index in [1.165, 1.54) is 42.2 Å². The van der Waals surface area contributed by atoms with Crippen molar-refractivity contribution in [1.29, 1.82) is 0 Å². The zero-order valence-electron chi connectivity index (χ0n) is 17.5. The Morgan fingerprint density at radius 1 is 1.10 bits per heavy atom. The third-order valence-electron chi connectivity index (χ3n) is 5.12. The molecule has 2 aromatic heterocycles. The van der Waals surface area contributed by atoms with Crippen LogP contribution in [0, 0.1) is 6.92 Å². The van der Waals surface area contributed by atoms with Crippen molar-refractivity contribution in [1.82, 2.24) is 19.1 Å². The molecule has 0 fully saturated rings. The normalized spacial score (nSPS) is 11.4. The first kappa shape index (κ1) is 21.4. The van der Waals surface area contributed by atoms with Gasteiger partial charge in [-0.2, -0.15) is 0 Å². The van der Waals surface area contributed by atoms with Gasteiger partial charge in [0.25, 0.3) is 5.56 Å². The maximum atomic E-state index is 12.6. The average molecular weight is 415 g/mol. The second-order valence-electron chi connectivity index (χ2n) is 7.58.